The van der Waals surface area contributed by atoms with Crippen molar-refractivity contribution in [2.75, 3.05) is 25.1 Å². The number of hydrogen-bond donors (Lipinski definition) is 2. The minimum atomic E-state index is 0. The van der Waals surface area contributed by atoms with E-state index in [-0.39, 0.29) is 24.0 Å². The van der Waals surface area contributed by atoms with E-state index >= 15 is 0 Å². The zero-order chi connectivity index (χ0) is 18.1. The van der Waals surface area contributed by atoms with Gasteiger partial charge in [-0.2, -0.15) is 5.10 Å². The number of ether oxygens (including phenoxy) is 2. The number of nitrogens with one attached hydrogen (secondary N) is 1. The third-order valence-electron chi connectivity index (χ3n) is 3.49. The first kappa shape index (κ1) is 22.1. The van der Waals surface area contributed by atoms with Crippen LogP contribution in [-0.2, 0) is 13.5 Å². The normalized spacial score (nSPS) is 11.0. The van der Waals surface area contributed by atoms with E-state index in [1.807, 2.05) is 51.5 Å². The number of rotatable bonds is 9. The SMILES string of the molecule is CCOc1ccc(OCC)c(NC(N)=NCCCc2cnn(C)c2)c1.I. The summed E-state index contributed by atoms with van der Waals surface area (Å²) in [6, 6.07) is 5.61. The van der Waals surface area contributed by atoms with E-state index in [9.17, 15) is 0 Å². The van der Waals surface area contributed by atoms with Crippen molar-refractivity contribution in [1.82, 2.24) is 9.78 Å². The second kappa shape index (κ2) is 11.6. The Kier molecular flexibility index (Phi) is 9.85. The van der Waals surface area contributed by atoms with E-state index in [0.29, 0.717) is 25.7 Å². The summed E-state index contributed by atoms with van der Waals surface area (Å²) in [7, 11) is 1.91. The smallest absolute Gasteiger partial charge is 0.193 e. The van der Waals surface area contributed by atoms with Gasteiger partial charge in [-0.1, -0.05) is 0 Å². The van der Waals surface area contributed by atoms with E-state index < -0.39 is 0 Å². The zero-order valence-corrected chi connectivity index (χ0v) is 17.9. The van der Waals surface area contributed by atoms with Gasteiger partial charge in [-0.3, -0.25) is 9.67 Å². The largest absolute Gasteiger partial charge is 0.494 e. The van der Waals surface area contributed by atoms with Crippen molar-refractivity contribution in [3.8, 4) is 11.5 Å². The Balaban J connectivity index is 0.00000338. The summed E-state index contributed by atoms with van der Waals surface area (Å²) in [4.78, 5) is 4.38. The van der Waals surface area contributed by atoms with E-state index in [0.717, 1.165) is 30.0 Å². The van der Waals surface area contributed by atoms with Crippen LogP contribution in [0.15, 0.2) is 35.6 Å². The predicted molar refractivity (Wildman–Crippen MR) is 116 cm³/mol. The number of nitrogens with zero attached hydrogens (tertiary/aromatic N) is 3. The van der Waals surface area contributed by atoms with Gasteiger partial charge in [0, 0.05) is 25.9 Å². The van der Waals surface area contributed by atoms with Crippen LogP contribution in [0.3, 0.4) is 0 Å². The molecule has 0 aliphatic heterocycles. The van der Waals surface area contributed by atoms with Gasteiger partial charge in [0.25, 0.3) is 0 Å². The second-order valence-corrected chi connectivity index (χ2v) is 5.54. The maximum atomic E-state index is 6.00. The highest BCUT2D eigenvalue weighted by Gasteiger charge is 2.07. The number of hydrogen-bond acceptors (Lipinski definition) is 4. The number of nitrogens with two attached hydrogens (primary N) is 1. The van der Waals surface area contributed by atoms with Crippen LogP contribution in [0.4, 0.5) is 5.69 Å². The van der Waals surface area contributed by atoms with Gasteiger partial charge in [0.05, 0.1) is 25.1 Å². The quantitative estimate of drug-likeness (QED) is 0.253. The molecule has 144 valence electrons. The maximum Gasteiger partial charge on any atom is 0.193 e. The number of aliphatic imine (C=N–C) groups is 1. The monoisotopic (exact) mass is 473 g/mol. The molecule has 0 fully saturated rings. The van der Waals surface area contributed by atoms with Crippen LogP contribution in [0.1, 0.15) is 25.8 Å². The van der Waals surface area contributed by atoms with Gasteiger partial charge in [-0.05, 0) is 44.4 Å². The summed E-state index contributed by atoms with van der Waals surface area (Å²) in [5.41, 5.74) is 7.96. The molecule has 0 unspecified atom stereocenters. The number of anilines is 1. The standard InChI is InChI=1S/C18H27N5O2.HI/c1-4-24-15-8-9-17(25-5-2)16(11-15)22-18(19)20-10-6-7-14-12-21-23(3)13-14;/h8-9,11-13H,4-7,10H2,1-3H3,(H3,19,20,22);1H. The lowest BCUT2D eigenvalue weighted by Gasteiger charge is -2.14. The van der Waals surface area contributed by atoms with Crippen LogP contribution in [0.5, 0.6) is 11.5 Å². The van der Waals surface area contributed by atoms with Crippen molar-refractivity contribution in [1.29, 1.82) is 0 Å². The zero-order valence-electron chi connectivity index (χ0n) is 15.6. The molecular weight excluding hydrogens is 445 g/mol. The van der Waals surface area contributed by atoms with Crippen LogP contribution < -0.4 is 20.5 Å². The molecule has 7 nitrogen and oxygen atoms in total. The molecule has 0 aliphatic carbocycles. The predicted octanol–water partition coefficient (Wildman–Crippen LogP) is 3.19. The van der Waals surface area contributed by atoms with Crippen molar-refractivity contribution in [2.24, 2.45) is 17.8 Å². The minimum absolute atomic E-state index is 0. The summed E-state index contributed by atoms with van der Waals surface area (Å²) in [6.45, 7) is 5.71. The first-order valence-corrected chi connectivity index (χ1v) is 8.56. The molecule has 0 saturated carbocycles. The number of halogens is 1. The molecule has 3 N–H and O–H groups in total. The van der Waals surface area contributed by atoms with Crippen molar-refractivity contribution in [2.45, 2.75) is 26.7 Å². The lowest BCUT2D eigenvalue weighted by molar-refractivity contribution is 0.332. The molecule has 0 bridgehead atoms. The lowest BCUT2D eigenvalue weighted by atomic mass is 10.2. The van der Waals surface area contributed by atoms with Gasteiger partial charge >= 0.3 is 0 Å². The lowest BCUT2D eigenvalue weighted by Crippen LogP contribution is -2.23. The highest BCUT2D eigenvalue weighted by molar-refractivity contribution is 14.0. The van der Waals surface area contributed by atoms with Crippen molar-refractivity contribution >= 4 is 35.6 Å². The summed E-state index contributed by atoms with van der Waals surface area (Å²) in [5.74, 6) is 1.85. The average Bonchev–Trinajstić information content (AvgIpc) is 3.00. The number of aromatic nitrogens is 2. The molecule has 2 rings (SSSR count). The molecule has 0 spiro atoms. The Bertz CT molecular complexity index is 703. The Labute approximate surface area is 172 Å². The molecule has 0 saturated heterocycles. The molecule has 0 aliphatic rings. The van der Waals surface area contributed by atoms with Crippen LogP contribution in [0, 0.1) is 0 Å². The topological polar surface area (TPSA) is 86.7 Å². The van der Waals surface area contributed by atoms with Crippen LogP contribution in [-0.4, -0.2) is 35.5 Å². The molecular formula is C18H28IN5O2. The van der Waals surface area contributed by atoms with Crippen LogP contribution in [0.25, 0.3) is 0 Å². The van der Waals surface area contributed by atoms with E-state index in [2.05, 4.69) is 15.4 Å². The summed E-state index contributed by atoms with van der Waals surface area (Å²) < 4.78 is 12.9. The Hall–Kier alpha value is -1.97. The highest BCUT2D eigenvalue weighted by Crippen LogP contribution is 2.29. The third kappa shape index (κ3) is 7.11. The summed E-state index contributed by atoms with van der Waals surface area (Å²) in [5, 5.41) is 7.26. The Morgan fingerprint density at radius 3 is 2.69 bits per heavy atom. The summed E-state index contributed by atoms with van der Waals surface area (Å²) >= 11 is 0. The first-order valence-electron chi connectivity index (χ1n) is 8.56. The van der Waals surface area contributed by atoms with Gasteiger partial charge in [-0.25, -0.2) is 0 Å². The fourth-order valence-corrected chi connectivity index (χ4v) is 2.41. The van der Waals surface area contributed by atoms with Gasteiger partial charge in [0.15, 0.2) is 5.96 Å². The highest BCUT2D eigenvalue weighted by atomic mass is 127. The van der Waals surface area contributed by atoms with Gasteiger partial charge in [0.1, 0.15) is 11.5 Å². The van der Waals surface area contributed by atoms with Gasteiger partial charge in [0.2, 0.25) is 0 Å². The van der Waals surface area contributed by atoms with Crippen LogP contribution in [0.2, 0.25) is 0 Å². The molecule has 0 amide bonds. The average molecular weight is 473 g/mol. The van der Waals surface area contributed by atoms with E-state index in [4.69, 9.17) is 15.2 Å². The van der Waals surface area contributed by atoms with E-state index in [1.165, 1.54) is 5.56 Å². The Morgan fingerprint density at radius 1 is 1.27 bits per heavy atom. The number of aryl methyl sites for hydroxylation is 2. The molecule has 2 aromatic rings. The van der Waals surface area contributed by atoms with Crippen LogP contribution >= 0.6 is 24.0 Å². The molecule has 1 aromatic heterocycles. The molecule has 0 radical (unpaired) electrons. The number of guanidine groups is 1. The summed E-state index contributed by atoms with van der Waals surface area (Å²) in [6.07, 6.45) is 5.72. The Morgan fingerprint density at radius 2 is 2.04 bits per heavy atom. The fraction of sp³-hybridized carbons (Fsp3) is 0.444. The maximum absolute atomic E-state index is 6.00. The first-order chi connectivity index (χ1) is 12.1. The van der Waals surface area contributed by atoms with Gasteiger partial charge in [-0.15, -0.1) is 24.0 Å². The van der Waals surface area contributed by atoms with Gasteiger partial charge < -0.3 is 20.5 Å². The fourth-order valence-electron chi connectivity index (χ4n) is 2.41. The third-order valence-corrected chi connectivity index (χ3v) is 3.49. The second-order valence-electron chi connectivity index (χ2n) is 5.54. The molecule has 8 heteroatoms. The van der Waals surface area contributed by atoms with Crippen molar-refractivity contribution < 1.29 is 9.47 Å². The van der Waals surface area contributed by atoms with Crippen molar-refractivity contribution in [3.05, 3.63) is 36.2 Å². The molecule has 0 atom stereocenters. The molecule has 1 heterocycles. The minimum Gasteiger partial charge on any atom is -0.494 e. The molecule has 1 aromatic carbocycles. The van der Waals surface area contributed by atoms with E-state index in [1.54, 1.807) is 4.68 Å². The number of benzene rings is 1. The molecule has 26 heavy (non-hydrogen) atoms. The van der Waals surface area contributed by atoms with Crippen molar-refractivity contribution in [3.63, 3.8) is 0 Å².